The van der Waals surface area contributed by atoms with Crippen LogP contribution < -0.4 is 4.74 Å². The summed E-state index contributed by atoms with van der Waals surface area (Å²) in [6.45, 7) is -0.624. The van der Waals surface area contributed by atoms with E-state index < -0.39 is 11.9 Å². The lowest BCUT2D eigenvalue weighted by Crippen LogP contribution is -2.35. The third-order valence-corrected chi connectivity index (χ3v) is 2.83. The predicted molar refractivity (Wildman–Crippen MR) is 69.9 cm³/mol. The van der Waals surface area contributed by atoms with Crippen molar-refractivity contribution in [3.63, 3.8) is 0 Å². The molecule has 0 fully saturated rings. The molecule has 1 rings (SSSR count). The van der Waals surface area contributed by atoms with Crippen molar-refractivity contribution in [2.75, 3.05) is 20.2 Å². The van der Waals surface area contributed by atoms with Crippen molar-refractivity contribution < 1.29 is 19.4 Å². The number of rotatable bonds is 5. The largest absolute Gasteiger partial charge is 0.482 e. The average Bonchev–Trinajstić information content (AvgIpc) is 2.26. The number of likely N-dealkylation sites (N-methyl/N-ethyl adjacent to an activating group) is 1. The van der Waals surface area contributed by atoms with Gasteiger partial charge in [0.05, 0.1) is 5.02 Å². The molecule has 1 amide bonds. The zero-order valence-corrected chi connectivity index (χ0v) is 11.9. The molecule has 18 heavy (non-hydrogen) atoms. The normalized spacial score (nSPS) is 9.94. The van der Waals surface area contributed by atoms with E-state index in [4.69, 9.17) is 21.4 Å². The number of benzene rings is 1. The van der Waals surface area contributed by atoms with Crippen LogP contribution in [0.15, 0.2) is 22.7 Å². The van der Waals surface area contributed by atoms with Crippen LogP contribution >= 0.6 is 27.5 Å². The number of hydrogen-bond acceptors (Lipinski definition) is 3. The third kappa shape index (κ3) is 4.54. The van der Waals surface area contributed by atoms with Crippen LogP contribution in [0.2, 0.25) is 5.02 Å². The Morgan fingerprint density at radius 1 is 1.50 bits per heavy atom. The molecule has 0 saturated carbocycles. The van der Waals surface area contributed by atoms with Crippen LogP contribution in [0.4, 0.5) is 0 Å². The van der Waals surface area contributed by atoms with E-state index in [9.17, 15) is 9.59 Å². The lowest BCUT2D eigenvalue weighted by atomic mass is 10.3. The van der Waals surface area contributed by atoms with Gasteiger partial charge in [-0.2, -0.15) is 0 Å². The van der Waals surface area contributed by atoms with Crippen molar-refractivity contribution in [3.8, 4) is 5.75 Å². The number of carbonyl (C=O) groups excluding carboxylic acids is 1. The van der Waals surface area contributed by atoms with E-state index in [-0.39, 0.29) is 13.2 Å². The maximum atomic E-state index is 11.5. The maximum Gasteiger partial charge on any atom is 0.323 e. The SMILES string of the molecule is CN(CC(=O)O)C(=O)COc1ccc(Br)cc1Cl. The highest BCUT2D eigenvalue weighted by Crippen LogP contribution is 2.27. The van der Waals surface area contributed by atoms with Gasteiger partial charge in [-0.25, -0.2) is 0 Å². The quantitative estimate of drug-likeness (QED) is 0.893. The Hall–Kier alpha value is -1.27. The van der Waals surface area contributed by atoms with Crippen LogP contribution in [0, 0.1) is 0 Å². The van der Waals surface area contributed by atoms with Gasteiger partial charge in [-0.1, -0.05) is 27.5 Å². The molecule has 0 spiro atoms. The molecular formula is C11H11BrClNO4. The molecule has 0 aliphatic rings. The predicted octanol–water partition coefficient (Wildman–Crippen LogP) is 2.02. The summed E-state index contributed by atoms with van der Waals surface area (Å²) < 4.78 is 6.02. The van der Waals surface area contributed by atoms with Crippen LogP contribution in [0.25, 0.3) is 0 Å². The minimum Gasteiger partial charge on any atom is -0.482 e. The smallest absolute Gasteiger partial charge is 0.323 e. The first kappa shape index (κ1) is 14.8. The monoisotopic (exact) mass is 335 g/mol. The van der Waals surface area contributed by atoms with E-state index in [1.54, 1.807) is 18.2 Å². The summed E-state index contributed by atoms with van der Waals surface area (Å²) in [4.78, 5) is 23.0. The summed E-state index contributed by atoms with van der Waals surface area (Å²) in [6.07, 6.45) is 0. The third-order valence-electron chi connectivity index (χ3n) is 2.04. The van der Waals surface area contributed by atoms with E-state index in [0.717, 1.165) is 9.37 Å². The Bertz CT molecular complexity index is 466. The van der Waals surface area contributed by atoms with Gasteiger partial charge < -0.3 is 14.7 Å². The van der Waals surface area contributed by atoms with Gasteiger partial charge in [0, 0.05) is 11.5 Å². The molecule has 1 aromatic rings. The topological polar surface area (TPSA) is 66.8 Å². The molecule has 1 N–H and O–H groups in total. The lowest BCUT2D eigenvalue weighted by molar-refractivity contribution is -0.144. The molecule has 0 aliphatic heterocycles. The highest BCUT2D eigenvalue weighted by Gasteiger charge is 2.13. The zero-order valence-electron chi connectivity index (χ0n) is 9.52. The molecule has 5 nitrogen and oxygen atoms in total. The number of halogens is 2. The van der Waals surface area contributed by atoms with Crippen molar-refractivity contribution in [3.05, 3.63) is 27.7 Å². The Kier molecular flexibility index (Phi) is 5.43. The molecule has 0 unspecified atom stereocenters. The first-order chi connectivity index (χ1) is 8.40. The van der Waals surface area contributed by atoms with Gasteiger partial charge in [0.25, 0.3) is 5.91 Å². The second-order valence-corrected chi connectivity index (χ2v) is 4.83. The number of carbonyl (C=O) groups is 2. The highest BCUT2D eigenvalue weighted by molar-refractivity contribution is 9.10. The van der Waals surface area contributed by atoms with Gasteiger partial charge in [-0.05, 0) is 18.2 Å². The molecule has 0 aliphatic carbocycles. The summed E-state index contributed by atoms with van der Waals surface area (Å²) in [7, 11) is 1.39. The fourth-order valence-corrected chi connectivity index (χ4v) is 1.86. The second-order valence-electron chi connectivity index (χ2n) is 3.51. The van der Waals surface area contributed by atoms with Crippen molar-refractivity contribution in [2.24, 2.45) is 0 Å². The van der Waals surface area contributed by atoms with E-state index in [1.165, 1.54) is 7.05 Å². The Morgan fingerprint density at radius 2 is 2.17 bits per heavy atom. The van der Waals surface area contributed by atoms with Gasteiger partial charge in [-0.3, -0.25) is 9.59 Å². The summed E-state index contributed by atoms with van der Waals surface area (Å²) in [5.41, 5.74) is 0. The summed E-state index contributed by atoms with van der Waals surface area (Å²) in [5, 5.41) is 8.90. The molecular weight excluding hydrogens is 325 g/mol. The minimum atomic E-state index is -1.08. The maximum absolute atomic E-state index is 11.5. The van der Waals surface area contributed by atoms with Gasteiger partial charge >= 0.3 is 5.97 Å². The summed E-state index contributed by atoms with van der Waals surface area (Å²) >= 11 is 9.15. The zero-order chi connectivity index (χ0) is 13.7. The molecule has 0 heterocycles. The first-order valence-corrected chi connectivity index (χ1v) is 6.11. The van der Waals surface area contributed by atoms with Gasteiger partial charge in [-0.15, -0.1) is 0 Å². The summed E-state index contributed by atoms with van der Waals surface area (Å²) in [6, 6.07) is 4.99. The Balaban J connectivity index is 2.54. The van der Waals surface area contributed by atoms with E-state index in [0.29, 0.717) is 10.8 Å². The fourth-order valence-electron chi connectivity index (χ4n) is 1.13. The van der Waals surface area contributed by atoms with E-state index in [1.807, 2.05) is 0 Å². The Labute approximate surface area is 117 Å². The number of ether oxygens (including phenoxy) is 1. The number of carboxylic acids is 1. The first-order valence-electron chi connectivity index (χ1n) is 4.93. The van der Waals surface area contributed by atoms with Gasteiger partial charge in [0.1, 0.15) is 12.3 Å². The van der Waals surface area contributed by atoms with Gasteiger partial charge in [0.15, 0.2) is 6.61 Å². The average molecular weight is 337 g/mol. The molecule has 98 valence electrons. The van der Waals surface area contributed by atoms with Crippen LogP contribution in [-0.4, -0.2) is 42.1 Å². The van der Waals surface area contributed by atoms with E-state index >= 15 is 0 Å². The highest BCUT2D eigenvalue weighted by atomic mass is 79.9. The molecule has 0 atom stereocenters. The van der Waals surface area contributed by atoms with E-state index in [2.05, 4.69) is 15.9 Å². The fraction of sp³-hybridized carbons (Fsp3) is 0.273. The molecule has 0 radical (unpaired) electrons. The summed E-state index contributed by atoms with van der Waals surface area (Å²) in [5.74, 6) is -1.14. The number of aliphatic carboxylic acids is 1. The number of carboxylic acid groups (broad SMARTS) is 1. The van der Waals surface area contributed by atoms with Crippen LogP contribution in [0.3, 0.4) is 0 Å². The molecule has 0 bridgehead atoms. The standard InChI is InChI=1S/C11H11BrClNO4/c1-14(5-11(16)17)10(15)6-18-9-3-2-7(12)4-8(9)13/h2-4H,5-6H2,1H3,(H,16,17). The molecule has 1 aromatic carbocycles. The second kappa shape index (κ2) is 6.61. The molecule has 0 aromatic heterocycles. The van der Waals surface area contributed by atoms with Gasteiger partial charge in [0.2, 0.25) is 0 Å². The Morgan fingerprint density at radius 3 is 2.72 bits per heavy atom. The lowest BCUT2D eigenvalue weighted by Gasteiger charge is -2.15. The number of hydrogen-bond donors (Lipinski definition) is 1. The molecule has 0 saturated heterocycles. The van der Waals surface area contributed by atoms with Crippen LogP contribution in [0.5, 0.6) is 5.75 Å². The van der Waals surface area contributed by atoms with Crippen molar-refractivity contribution in [2.45, 2.75) is 0 Å². The van der Waals surface area contributed by atoms with Crippen molar-refractivity contribution in [1.82, 2.24) is 4.90 Å². The number of nitrogens with zero attached hydrogens (tertiary/aromatic N) is 1. The van der Waals surface area contributed by atoms with Crippen LogP contribution in [0.1, 0.15) is 0 Å². The van der Waals surface area contributed by atoms with Crippen molar-refractivity contribution >= 4 is 39.4 Å². The molecule has 7 heteroatoms. The van der Waals surface area contributed by atoms with Crippen LogP contribution in [-0.2, 0) is 9.59 Å². The van der Waals surface area contributed by atoms with Crippen molar-refractivity contribution in [1.29, 1.82) is 0 Å². The number of amides is 1. The minimum absolute atomic E-state index is 0.259.